The van der Waals surface area contributed by atoms with E-state index >= 15 is 0 Å². The second-order valence-corrected chi connectivity index (χ2v) is 5.47. The maximum Gasteiger partial charge on any atom is 0.255 e. The number of hydrogen-bond donors (Lipinski definition) is 1. The quantitative estimate of drug-likeness (QED) is 0.768. The van der Waals surface area contributed by atoms with E-state index in [4.69, 9.17) is 4.42 Å². The number of carbonyl (C=O) groups is 1. The van der Waals surface area contributed by atoms with E-state index in [0.717, 1.165) is 18.2 Å². The Morgan fingerprint density at radius 1 is 1.17 bits per heavy atom. The van der Waals surface area contributed by atoms with Gasteiger partial charge in [0.05, 0.1) is 5.56 Å². The fourth-order valence-corrected chi connectivity index (χ4v) is 2.74. The average Bonchev–Trinajstić information content (AvgIpc) is 2.93. The molecule has 3 aromatic rings. The van der Waals surface area contributed by atoms with E-state index in [1.165, 1.54) is 17.7 Å². The molecule has 2 aromatic carbocycles. The van der Waals surface area contributed by atoms with Gasteiger partial charge in [0.1, 0.15) is 17.2 Å². The van der Waals surface area contributed by atoms with Gasteiger partial charge < -0.3 is 9.73 Å². The van der Waals surface area contributed by atoms with E-state index in [2.05, 4.69) is 12.2 Å². The van der Waals surface area contributed by atoms with Crippen molar-refractivity contribution >= 4 is 16.9 Å². The lowest BCUT2D eigenvalue weighted by molar-refractivity contribution is 0.0964. The number of carbonyl (C=O) groups excluding carboxylic acids is 1. The molecule has 0 aliphatic carbocycles. The number of amides is 1. The van der Waals surface area contributed by atoms with E-state index in [-0.39, 0.29) is 11.7 Å². The van der Waals surface area contributed by atoms with Crippen LogP contribution in [0.15, 0.2) is 46.9 Å². The Bertz CT molecular complexity index is 850. The number of rotatable bonds is 4. The zero-order valence-corrected chi connectivity index (χ0v) is 13.2. The van der Waals surface area contributed by atoms with Gasteiger partial charge >= 0.3 is 0 Å². The molecule has 1 N–H and O–H groups in total. The van der Waals surface area contributed by atoms with Crippen molar-refractivity contribution in [3.63, 3.8) is 0 Å². The van der Waals surface area contributed by atoms with Crippen molar-refractivity contribution in [3.05, 3.63) is 59.4 Å². The molecule has 0 saturated heterocycles. The number of benzene rings is 2. The van der Waals surface area contributed by atoms with Crippen molar-refractivity contribution in [1.82, 2.24) is 5.32 Å². The minimum absolute atomic E-state index is 0.216. The molecular weight excluding hydrogens is 293 g/mol. The van der Waals surface area contributed by atoms with Crippen LogP contribution in [0.25, 0.3) is 22.3 Å². The van der Waals surface area contributed by atoms with Gasteiger partial charge in [0, 0.05) is 18.0 Å². The highest BCUT2D eigenvalue weighted by Crippen LogP contribution is 2.34. The summed E-state index contributed by atoms with van der Waals surface area (Å²) in [6.45, 7) is 2.12. The molecule has 23 heavy (non-hydrogen) atoms. The van der Waals surface area contributed by atoms with E-state index in [9.17, 15) is 9.18 Å². The molecule has 0 aliphatic heterocycles. The van der Waals surface area contributed by atoms with E-state index in [1.807, 2.05) is 18.2 Å². The molecular formula is C19H18FNO2. The zero-order valence-electron chi connectivity index (χ0n) is 13.2. The standard InChI is InChI=1S/C19H18FNO2/c1-3-4-12-5-10-15-16(11-12)23-18(17(15)19(22)21-2)13-6-8-14(20)9-7-13/h5-11H,3-4H2,1-2H3,(H,21,22). The largest absolute Gasteiger partial charge is 0.455 e. The summed E-state index contributed by atoms with van der Waals surface area (Å²) in [6.07, 6.45) is 2.00. The monoisotopic (exact) mass is 311 g/mol. The highest BCUT2D eigenvalue weighted by Gasteiger charge is 2.21. The molecule has 0 radical (unpaired) electrons. The molecule has 0 fully saturated rings. The molecule has 1 heterocycles. The van der Waals surface area contributed by atoms with Crippen LogP contribution in [-0.2, 0) is 6.42 Å². The third-order valence-electron chi connectivity index (χ3n) is 3.85. The van der Waals surface area contributed by atoms with Crippen LogP contribution in [0.2, 0.25) is 0 Å². The summed E-state index contributed by atoms with van der Waals surface area (Å²) in [5.74, 6) is -0.0732. The van der Waals surface area contributed by atoms with Crippen LogP contribution < -0.4 is 5.32 Å². The van der Waals surface area contributed by atoms with Gasteiger partial charge in [0.2, 0.25) is 0 Å². The first-order valence-corrected chi connectivity index (χ1v) is 7.67. The van der Waals surface area contributed by atoms with Crippen LogP contribution >= 0.6 is 0 Å². The summed E-state index contributed by atoms with van der Waals surface area (Å²) in [5, 5.41) is 3.41. The molecule has 118 valence electrons. The molecule has 3 rings (SSSR count). The first-order chi connectivity index (χ1) is 11.1. The van der Waals surface area contributed by atoms with Crippen LogP contribution in [0.4, 0.5) is 4.39 Å². The highest BCUT2D eigenvalue weighted by atomic mass is 19.1. The van der Waals surface area contributed by atoms with E-state index in [0.29, 0.717) is 22.5 Å². The molecule has 0 aliphatic rings. The van der Waals surface area contributed by atoms with Crippen LogP contribution in [0.3, 0.4) is 0 Å². The predicted octanol–water partition coefficient (Wildman–Crippen LogP) is 4.55. The van der Waals surface area contributed by atoms with Crippen molar-refractivity contribution in [2.24, 2.45) is 0 Å². The zero-order chi connectivity index (χ0) is 16.4. The first-order valence-electron chi connectivity index (χ1n) is 7.67. The second-order valence-electron chi connectivity index (χ2n) is 5.47. The van der Waals surface area contributed by atoms with Gasteiger partial charge in [-0.05, 0) is 42.3 Å². The predicted molar refractivity (Wildman–Crippen MR) is 89.0 cm³/mol. The molecule has 3 nitrogen and oxygen atoms in total. The molecule has 0 spiro atoms. The maximum atomic E-state index is 13.2. The van der Waals surface area contributed by atoms with Gasteiger partial charge in [-0.25, -0.2) is 4.39 Å². The minimum atomic E-state index is -0.323. The van der Waals surface area contributed by atoms with Gasteiger partial charge in [0.15, 0.2) is 0 Å². The summed E-state index contributed by atoms with van der Waals surface area (Å²) in [5.41, 5.74) is 3.01. The third-order valence-corrected chi connectivity index (χ3v) is 3.85. The molecule has 0 unspecified atom stereocenters. The topological polar surface area (TPSA) is 42.2 Å². The van der Waals surface area contributed by atoms with Crippen LogP contribution in [0.5, 0.6) is 0 Å². The average molecular weight is 311 g/mol. The Morgan fingerprint density at radius 3 is 2.57 bits per heavy atom. The Kier molecular flexibility index (Phi) is 4.15. The normalized spacial score (nSPS) is 10.9. The molecule has 0 bridgehead atoms. The lowest BCUT2D eigenvalue weighted by Crippen LogP contribution is -2.18. The SMILES string of the molecule is CCCc1ccc2c(C(=O)NC)c(-c3ccc(F)cc3)oc2c1. The summed E-state index contributed by atoms with van der Waals surface area (Å²) in [7, 11) is 1.58. The number of hydrogen-bond acceptors (Lipinski definition) is 2. The van der Waals surface area contributed by atoms with Gasteiger partial charge in [0.25, 0.3) is 5.91 Å². The number of nitrogens with one attached hydrogen (secondary N) is 1. The summed E-state index contributed by atoms with van der Waals surface area (Å²) in [4.78, 5) is 12.3. The Balaban J connectivity index is 2.22. The fraction of sp³-hybridized carbons (Fsp3) is 0.211. The van der Waals surface area contributed by atoms with Crippen molar-refractivity contribution in [2.75, 3.05) is 7.05 Å². The fourth-order valence-electron chi connectivity index (χ4n) is 2.74. The van der Waals surface area contributed by atoms with Gasteiger partial charge in [-0.1, -0.05) is 25.5 Å². The second kappa shape index (κ2) is 6.24. The van der Waals surface area contributed by atoms with Crippen molar-refractivity contribution < 1.29 is 13.6 Å². The molecule has 1 amide bonds. The van der Waals surface area contributed by atoms with Crippen LogP contribution in [0.1, 0.15) is 29.3 Å². The van der Waals surface area contributed by atoms with Gasteiger partial charge in [-0.2, -0.15) is 0 Å². The van der Waals surface area contributed by atoms with Crippen molar-refractivity contribution in [1.29, 1.82) is 0 Å². The molecule has 0 atom stereocenters. The number of aryl methyl sites for hydroxylation is 1. The van der Waals surface area contributed by atoms with Crippen molar-refractivity contribution in [2.45, 2.75) is 19.8 Å². The van der Waals surface area contributed by atoms with Gasteiger partial charge in [-0.15, -0.1) is 0 Å². The summed E-state index contributed by atoms with van der Waals surface area (Å²) >= 11 is 0. The summed E-state index contributed by atoms with van der Waals surface area (Å²) < 4.78 is 19.1. The minimum Gasteiger partial charge on any atom is -0.455 e. The van der Waals surface area contributed by atoms with E-state index in [1.54, 1.807) is 19.2 Å². The van der Waals surface area contributed by atoms with Crippen LogP contribution in [-0.4, -0.2) is 13.0 Å². The van der Waals surface area contributed by atoms with Crippen LogP contribution in [0, 0.1) is 5.82 Å². The summed E-state index contributed by atoms with van der Waals surface area (Å²) in [6, 6.07) is 11.9. The third kappa shape index (κ3) is 2.84. The maximum absolute atomic E-state index is 13.2. The Labute approximate surface area is 134 Å². The smallest absolute Gasteiger partial charge is 0.255 e. The molecule has 0 saturated carbocycles. The van der Waals surface area contributed by atoms with E-state index < -0.39 is 0 Å². The van der Waals surface area contributed by atoms with Crippen molar-refractivity contribution in [3.8, 4) is 11.3 Å². The Morgan fingerprint density at radius 2 is 1.91 bits per heavy atom. The lowest BCUT2D eigenvalue weighted by Gasteiger charge is -2.02. The number of furan rings is 1. The lowest BCUT2D eigenvalue weighted by atomic mass is 10.0. The number of fused-ring (bicyclic) bond motifs is 1. The molecule has 4 heteroatoms. The van der Waals surface area contributed by atoms with Gasteiger partial charge in [-0.3, -0.25) is 4.79 Å². The Hall–Kier alpha value is -2.62. The number of halogens is 1. The highest BCUT2D eigenvalue weighted by molar-refractivity contribution is 6.11. The first kappa shape index (κ1) is 15.3. The molecule has 1 aromatic heterocycles.